The zero-order valence-electron chi connectivity index (χ0n) is 10.5. The molecule has 3 nitrogen and oxygen atoms in total. The normalized spacial score (nSPS) is 10.1. The molecule has 1 aromatic carbocycles. The second kappa shape index (κ2) is 9.11. The third-order valence-electron chi connectivity index (χ3n) is 2.45. The first-order valence-corrected chi connectivity index (χ1v) is 7.77. The highest BCUT2D eigenvalue weighted by molar-refractivity contribution is 7.98. The fraction of sp³-hybridized carbons (Fsp3) is 0.462. The number of carbonyl (C=O) groups is 1. The summed E-state index contributed by atoms with van der Waals surface area (Å²) in [6.45, 7) is 0.685. The van der Waals surface area contributed by atoms with Gasteiger partial charge < -0.3 is 10.6 Å². The number of rotatable bonds is 7. The maximum absolute atomic E-state index is 11.7. The molecular formula is C13H19ClN2OS. The Morgan fingerprint density at radius 1 is 1.28 bits per heavy atom. The molecule has 0 aliphatic rings. The predicted molar refractivity (Wildman–Crippen MR) is 79.8 cm³/mol. The largest absolute Gasteiger partial charge is 0.338 e. The fourth-order valence-electron chi connectivity index (χ4n) is 1.51. The monoisotopic (exact) mass is 286 g/mol. The molecule has 0 aromatic heterocycles. The minimum Gasteiger partial charge on any atom is -0.338 e. The van der Waals surface area contributed by atoms with Crippen LogP contribution in [0.1, 0.15) is 19.3 Å². The van der Waals surface area contributed by atoms with Gasteiger partial charge in [-0.15, -0.1) is 23.4 Å². The molecule has 0 saturated heterocycles. The third-order valence-corrected chi connectivity index (χ3v) is 3.51. The van der Waals surface area contributed by atoms with Crippen molar-refractivity contribution in [3.63, 3.8) is 0 Å². The minimum absolute atomic E-state index is 0.151. The maximum atomic E-state index is 11.7. The summed E-state index contributed by atoms with van der Waals surface area (Å²) in [5.41, 5.74) is 0.850. The van der Waals surface area contributed by atoms with Crippen LogP contribution < -0.4 is 10.6 Å². The molecule has 0 radical (unpaired) electrons. The number of unbranched alkanes of at least 4 members (excludes halogenated alkanes) is 2. The van der Waals surface area contributed by atoms with Crippen LogP contribution in [0.3, 0.4) is 0 Å². The van der Waals surface area contributed by atoms with Crippen LogP contribution >= 0.6 is 23.4 Å². The first-order chi connectivity index (χ1) is 8.77. The van der Waals surface area contributed by atoms with E-state index in [0.717, 1.165) is 29.8 Å². The number of anilines is 1. The summed E-state index contributed by atoms with van der Waals surface area (Å²) < 4.78 is 0. The summed E-state index contributed by atoms with van der Waals surface area (Å²) in [5, 5.41) is 5.69. The van der Waals surface area contributed by atoms with E-state index in [1.165, 1.54) is 0 Å². The zero-order valence-corrected chi connectivity index (χ0v) is 12.1. The number of carbonyl (C=O) groups excluding carboxylic acids is 1. The molecule has 0 saturated carbocycles. The molecule has 0 aliphatic carbocycles. The van der Waals surface area contributed by atoms with Crippen molar-refractivity contribution < 1.29 is 4.79 Å². The molecule has 1 aromatic rings. The number of alkyl halides is 1. The SMILES string of the molecule is CSc1ccccc1NC(=O)NCCCCCCl. The van der Waals surface area contributed by atoms with Crippen LogP contribution in [-0.2, 0) is 0 Å². The molecule has 2 N–H and O–H groups in total. The number of benzene rings is 1. The Kier molecular flexibility index (Phi) is 7.69. The Morgan fingerprint density at radius 3 is 2.78 bits per heavy atom. The molecule has 0 unspecified atom stereocenters. The van der Waals surface area contributed by atoms with E-state index >= 15 is 0 Å². The van der Waals surface area contributed by atoms with Gasteiger partial charge in [-0.25, -0.2) is 4.79 Å². The number of hydrogen-bond acceptors (Lipinski definition) is 2. The van der Waals surface area contributed by atoms with Crippen molar-refractivity contribution in [2.75, 3.05) is 24.0 Å². The van der Waals surface area contributed by atoms with Crippen molar-refractivity contribution in [3.05, 3.63) is 24.3 Å². The maximum Gasteiger partial charge on any atom is 0.319 e. The van der Waals surface area contributed by atoms with Gasteiger partial charge in [0.25, 0.3) is 0 Å². The molecule has 0 bridgehead atoms. The molecule has 18 heavy (non-hydrogen) atoms. The Balaban J connectivity index is 2.31. The number of para-hydroxylation sites is 1. The van der Waals surface area contributed by atoms with E-state index in [2.05, 4.69) is 10.6 Å². The van der Waals surface area contributed by atoms with Gasteiger partial charge in [0.05, 0.1) is 5.69 Å². The topological polar surface area (TPSA) is 41.1 Å². The number of thioether (sulfide) groups is 1. The smallest absolute Gasteiger partial charge is 0.319 e. The predicted octanol–water partition coefficient (Wildman–Crippen LogP) is 3.94. The highest BCUT2D eigenvalue weighted by atomic mass is 35.5. The number of hydrogen-bond donors (Lipinski definition) is 2. The second-order valence-corrected chi connectivity index (χ2v) is 5.06. The van der Waals surface area contributed by atoms with Crippen molar-refractivity contribution in [1.29, 1.82) is 0 Å². The van der Waals surface area contributed by atoms with Crippen molar-refractivity contribution in [2.24, 2.45) is 0 Å². The van der Waals surface area contributed by atoms with Gasteiger partial charge in [-0.2, -0.15) is 0 Å². The first kappa shape index (κ1) is 15.2. The summed E-state index contributed by atoms with van der Waals surface area (Å²) in [6, 6.07) is 7.61. The number of urea groups is 1. The standard InChI is InChI=1S/C13H19ClN2OS/c1-18-12-8-4-3-7-11(12)16-13(17)15-10-6-2-5-9-14/h3-4,7-8H,2,5-6,9-10H2,1H3,(H2,15,16,17). The van der Waals surface area contributed by atoms with Gasteiger partial charge in [0, 0.05) is 17.3 Å². The average molecular weight is 287 g/mol. The second-order valence-electron chi connectivity index (χ2n) is 3.83. The lowest BCUT2D eigenvalue weighted by Gasteiger charge is -2.10. The molecule has 100 valence electrons. The van der Waals surface area contributed by atoms with Crippen molar-refractivity contribution >= 4 is 35.1 Å². The zero-order chi connectivity index (χ0) is 13.2. The molecule has 0 heterocycles. The van der Waals surface area contributed by atoms with Crippen LogP contribution in [0, 0.1) is 0 Å². The van der Waals surface area contributed by atoms with Crippen LogP contribution in [0.2, 0.25) is 0 Å². The first-order valence-electron chi connectivity index (χ1n) is 6.01. The van der Waals surface area contributed by atoms with E-state index < -0.39 is 0 Å². The number of nitrogens with one attached hydrogen (secondary N) is 2. The lowest BCUT2D eigenvalue weighted by Crippen LogP contribution is -2.29. The molecule has 0 aliphatic heterocycles. The molecule has 5 heteroatoms. The van der Waals surface area contributed by atoms with Gasteiger partial charge in [0.15, 0.2) is 0 Å². The Morgan fingerprint density at radius 2 is 2.06 bits per heavy atom. The van der Waals surface area contributed by atoms with Gasteiger partial charge in [-0.1, -0.05) is 18.6 Å². The van der Waals surface area contributed by atoms with Crippen LogP contribution in [0.25, 0.3) is 0 Å². The molecule has 0 atom stereocenters. The highest BCUT2D eigenvalue weighted by Crippen LogP contribution is 2.24. The Labute approximate surface area is 118 Å². The van der Waals surface area contributed by atoms with E-state index in [1.54, 1.807) is 11.8 Å². The Hall–Kier alpha value is -0.870. The van der Waals surface area contributed by atoms with Gasteiger partial charge in [0.1, 0.15) is 0 Å². The van der Waals surface area contributed by atoms with Gasteiger partial charge in [0.2, 0.25) is 0 Å². The lowest BCUT2D eigenvalue weighted by atomic mass is 10.2. The van der Waals surface area contributed by atoms with Crippen LogP contribution in [0.15, 0.2) is 29.2 Å². The van der Waals surface area contributed by atoms with Gasteiger partial charge in [-0.05, 0) is 31.2 Å². The summed E-state index contributed by atoms with van der Waals surface area (Å²) >= 11 is 7.20. The average Bonchev–Trinajstić information content (AvgIpc) is 2.39. The summed E-state index contributed by atoms with van der Waals surface area (Å²) in [6.07, 6.45) is 5.00. The van der Waals surface area contributed by atoms with Crippen LogP contribution in [0.4, 0.5) is 10.5 Å². The molecule has 0 fully saturated rings. The molecular weight excluding hydrogens is 268 g/mol. The third kappa shape index (κ3) is 5.65. The lowest BCUT2D eigenvalue weighted by molar-refractivity contribution is 0.252. The molecule has 1 rings (SSSR count). The number of halogens is 1. The minimum atomic E-state index is -0.151. The highest BCUT2D eigenvalue weighted by Gasteiger charge is 2.04. The van der Waals surface area contributed by atoms with Crippen LogP contribution in [0.5, 0.6) is 0 Å². The summed E-state index contributed by atoms with van der Waals surface area (Å²) in [7, 11) is 0. The Bertz CT molecular complexity index is 374. The molecule has 0 spiro atoms. The van der Waals surface area contributed by atoms with Crippen molar-refractivity contribution in [2.45, 2.75) is 24.2 Å². The van der Waals surface area contributed by atoms with E-state index in [9.17, 15) is 4.79 Å². The van der Waals surface area contributed by atoms with Gasteiger partial charge in [-0.3, -0.25) is 0 Å². The molecule has 2 amide bonds. The fourth-order valence-corrected chi connectivity index (χ4v) is 2.26. The summed E-state index contributed by atoms with van der Waals surface area (Å²) in [4.78, 5) is 12.7. The van der Waals surface area contributed by atoms with Crippen molar-refractivity contribution in [1.82, 2.24) is 5.32 Å². The van der Waals surface area contributed by atoms with Crippen LogP contribution in [-0.4, -0.2) is 24.7 Å². The van der Waals surface area contributed by atoms with E-state index in [1.807, 2.05) is 30.5 Å². The summed E-state index contributed by atoms with van der Waals surface area (Å²) in [5.74, 6) is 0.688. The van der Waals surface area contributed by atoms with Gasteiger partial charge >= 0.3 is 6.03 Å². The van der Waals surface area contributed by atoms with E-state index in [-0.39, 0.29) is 6.03 Å². The van der Waals surface area contributed by atoms with Crippen molar-refractivity contribution in [3.8, 4) is 0 Å². The number of amides is 2. The quantitative estimate of drug-likeness (QED) is 0.453. The van der Waals surface area contributed by atoms with E-state index in [4.69, 9.17) is 11.6 Å². The van der Waals surface area contributed by atoms with E-state index in [0.29, 0.717) is 12.4 Å².